The largest absolute Gasteiger partial charge is 0.396 e. The maximum absolute atomic E-state index is 9.79. The Morgan fingerprint density at radius 1 is 1.22 bits per heavy atom. The molecule has 0 radical (unpaired) electrons. The van der Waals surface area contributed by atoms with Crippen molar-refractivity contribution < 1.29 is 5.11 Å². The van der Waals surface area contributed by atoms with E-state index in [2.05, 4.69) is 62.4 Å². The molecule has 0 saturated carbocycles. The van der Waals surface area contributed by atoms with E-state index in [1.54, 1.807) is 0 Å². The first-order chi connectivity index (χ1) is 10.9. The first kappa shape index (κ1) is 17.7. The number of aliphatic hydroxyl groups excluding tert-OH is 1. The molecule has 1 heterocycles. The molecule has 126 valence electrons. The van der Waals surface area contributed by atoms with Gasteiger partial charge in [0, 0.05) is 43.9 Å². The van der Waals surface area contributed by atoms with Crippen LogP contribution in [0.4, 0.5) is 0 Å². The van der Waals surface area contributed by atoms with Crippen LogP contribution >= 0.6 is 0 Å². The van der Waals surface area contributed by atoms with E-state index in [0.717, 1.165) is 18.8 Å². The summed E-state index contributed by atoms with van der Waals surface area (Å²) in [7, 11) is 1.98. The number of hydrogen-bond acceptors (Lipinski definition) is 3. The Morgan fingerprint density at radius 3 is 2.39 bits per heavy atom. The third-order valence-electron chi connectivity index (χ3n) is 4.86. The van der Waals surface area contributed by atoms with E-state index in [4.69, 9.17) is 0 Å². The van der Waals surface area contributed by atoms with Crippen LogP contribution < -0.4 is 5.32 Å². The van der Waals surface area contributed by atoms with Gasteiger partial charge < -0.3 is 10.4 Å². The third-order valence-corrected chi connectivity index (χ3v) is 4.86. The molecule has 0 saturated heterocycles. The molecular formula is C19H29N3O. The summed E-state index contributed by atoms with van der Waals surface area (Å²) >= 11 is 0. The molecule has 0 fully saturated rings. The Bertz CT molecular complexity index is 632. The fourth-order valence-corrected chi connectivity index (χ4v) is 3.06. The fourth-order valence-electron chi connectivity index (χ4n) is 3.06. The van der Waals surface area contributed by atoms with E-state index < -0.39 is 0 Å². The molecule has 0 aliphatic carbocycles. The smallest absolute Gasteiger partial charge is 0.0641 e. The molecule has 1 aromatic heterocycles. The van der Waals surface area contributed by atoms with E-state index in [9.17, 15) is 5.11 Å². The monoisotopic (exact) mass is 315 g/mol. The summed E-state index contributed by atoms with van der Waals surface area (Å²) < 4.78 is 1.93. The number of aliphatic hydroxyl groups is 1. The molecule has 0 aliphatic rings. The van der Waals surface area contributed by atoms with E-state index in [-0.39, 0.29) is 17.9 Å². The lowest BCUT2D eigenvalue weighted by Crippen LogP contribution is -2.34. The van der Waals surface area contributed by atoms with Crippen molar-refractivity contribution in [2.75, 3.05) is 13.2 Å². The SMILES string of the molecule is Cc1nn(C)c(C)c1CNCC(c1ccccc1)C(C)(C)CO. The van der Waals surface area contributed by atoms with Gasteiger partial charge in [0.1, 0.15) is 0 Å². The van der Waals surface area contributed by atoms with Crippen LogP contribution in [0.25, 0.3) is 0 Å². The van der Waals surface area contributed by atoms with Crippen LogP contribution in [0.2, 0.25) is 0 Å². The summed E-state index contributed by atoms with van der Waals surface area (Å²) in [5.74, 6) is 0.256. The van der Waals surface area contributed by atoms with E-state index in [0.29, 0.717) is 0 Å². The number of nitrogens with one attached hydrogen (secondary N) is 1. The van der Waals surface area contributed by atoms with Gasteiger partial charge in [0.25, 0.3) is 0 Å². The van der Waals surface area contributed by atoms with Crippen molar-refractivity contribution in [1.82, 2.24) is 15.1 Å². The number of rotatable bonds is 7. The van der Waals surface area contributed by atoms with Crippen molar-refractivity contribution in [3.63, 3.8) is 0 Å². The summed E-state index contributed by atoms with van der Waals surface area (Å²) in [6, 6.07) is 10.4. The molecule has 0 bridgehead atoms. The highest BCUT2D eigenvalue weighted by atomic mass is 16.3. The summed E-state index contributed by atoms with van der Waals surface area (Å²) in [4.78, 5) is 0. The Kier molecular flexibility index (Phi) is 5.60. The number of hydrogen-bond donors (Lipinski definition) is 2. The van der Waals surface area contributed by atoms with Crippen LogP contribution in [0.5, 0.6) is 0 Å². The van der Waals surface area contributed by atoms with Crippen LogP contribution in [0.3, 0.4) is 0 Å². The highest BCUT2D eigenvalue weighted by Gasteiger charge is 2.29. The number of nitrogens with zero attached hydrogens (tertiary/aromatic N) is 2. The topological polar surface area (TPSA) is 50.1 Å². The zero-order chi connectivity index (χ0) is 17.0. The van der Waals surface area contributed by atoms with Crippen LogP contribution in [0, 0.1) is 19.3 Å². The van der Waals surface area contributed by atoms with E-state index >= 15 is 0 Å². The minimum atomic E-state index is -0.173. The zero-order valence-electron chi connectivity index (χ0n) is 14.9. The molecule has 2 rings (SSSR count). The summed E-state index contributed by atoms with van der Waals surface area (Å²) in [6.07, 6.45) is 0. The standard InChI is InChI=1S/C19H29N3O/c1-14-17(15(2)22(5)21-14)11-20-12-18(19(3,4)13-23)16-9-7-6-8-10-16/h6-10,18,20,23H,11-13H2,1-5H3. The zero-order valence-corrected chi connectivity index (χ0v) is 14.9. The normalized spacial score (nSPS) is 13.3. The maximum atomic E-state index is 9.79. The van der Waals surface area contributed by atoms with Crippen LogP contribution in [-0.4, -0.2) is 28.0 Å². The Morgan fingerprint density at radius 2 is 1.87 bits per heavy atom. The summed E-state index contributed by atoms with van der Waals surface area (Å²) in [5, 5.41) is 17.8. The summed E-state index contributed by atoms with van der Waals surface area (Å²) in [5.41, 5.74) is 4.63. The summed E-state index contributed by atoms with van der Waals surface area (Å²) in [6.45, 7) is 10.2. The van der Waals surface area contributed by atoms with Crippen molar-refractivity contribution in [2.45, 2.75) is 40.2 Å². The van der Waals surface area contributed by atoms with Crippen LogP contribution in [-0.2, 0) is 13.6 Å². The molecule has 1 unspecified atom stereocenters. The second-order valence-corrected chi connectivity index (χ2v) is 7.01. The lowest BCUT2D eigenvalue weighted by Gasteiger charge is -2.33. The second-order valence-electron chi connectivity index (χ2n) is 7.01. The van der Waals surface area contributed by atoms with E-state index in [1.165, 1.54) is 16.8 Å². The fraction of sp³-hybridized carbons (Fsp3) is 0.526. The molecule has 1 atom stereocenters. The molecule has 1 aromatic carbocycles. The highest BCUT2D eigenvalue weighted by molar-refractivity contribution is 5.25. The number of aryl methyl sites for hydroxylation is 2. The van der Waals surface area contributed by atoms with Gasteiger partial charge in [-0.15, -0.1) is 0 Å². The molecule has 0 spiro atoms. The van der Waals surface area contributed by atoms with Crippen molar-refractivity contribution in [1.29, 1.82) is 0 Å². The van der Waals surface area contributed by atoms with Gasteiger partial charge in [0.05, 0.1) is 5.69 Å². The van der Waals surface area contributed by atoms with Gasteiger partial charge >= 0.3 is 0 Å². The quantitative estimate of drug-likeness (QED) is 0.826. The van der Waals surface area contributed by atoms with Gasteiger partial charge in [-0.2, -0.15) is 5.10 Å². The number of benzene rings is 1. The predicted octanol–water partition coefficient (Wildman–Crippen LogP) is 2.93. The molecule has 0 amide bonds. The minimum Gasteiger partial charge on any atom is -0.396 e. The molecular weight excluding hydrogens is 286 g/mol. The predicted molar refractivity (Wildman–Crippen MR) is 94.4 cm³/mol. The third kappa shape index (κ3) is 4.01. The van der Waals surface area contributed by atoms with Gasteiger partial charge in [-0.25, -0.2) is 0 Å². The van der Waals surface area contributed by atoms with Gasteiger partial charge in [0.2, 0.25) is 0 Å². The highest BCUT2D eigenvalue weighted by Crippen LogP contribution is 2.34. The van der Waals surface area contributed by atoms with Crippen molar-refractivity contribution in [3.05, 3.63) is 52.8 Å². The van der Waals surface area contributed by atoms with Crippen molar-refractivity contribution in [3.8, 4) is 0 Å². The van der Waals surface area contributed by atoms with Gasteiger partial charge in [-0.1, -0.05) is 44.2 Å². The molecule has 2 N–H and O–H groups in total. The van der Waals surface area contributed by atoms with E-state index in [1.807, 2.05) is 17.8 Å². The van der Waals surface area contributed by atoms with Crippen molar-refractivity contribution in [2.24, 2.45) is 12.5 Å². The maximum Gasteiger partial charge on any atom is 0.0641 e. The molecule has 4 nitrogen and oxygen atoms in total. The lowest BCUT2D eigenvalue weighted by atomic mass is 9.75. The number of aromatic nitrogens is 2. The minimum absolute atomic E-state index is 0.166. The first-order valence-corrected chi connectivity index (χ1v) is 8.22. The van der Waals surface area contributed by atoms with Gasteiger partial charge in [-0.3, -0.25) is 4.68 Å². The molecule has 4 heteroatoms. The average Bonchev–Trinajstić information content (AvgIpc) is 2.78. The first-order valence-electron chi connectivity index (χ1n) is 8.22. The van der Waals surface area contributed by atoms with Gasteiger partial charge in [0.15, 0.2) is 0 Å². The molecule has 23 heavy (non-hydrogen) atoms. The second kappa shape index (κ2) is 7.28. The van der Waals surface area contributed by atoms with Crippen molar-refractivity contribution >= 4 is 0 Å². The Labute approximate surface area is 139 Å². The Balaban J connectivity index is 2.10. The Hall–Kier alpha value is -1.65. The van der Waals surface area contributed by atoms with Gasteiger partial charge in [-0.05, 0) is 24.8 Å². The molecule has 2 aromatic rings. The molecule has 0 aliphatic heterocycles. The van der Waals surface area contributed by atoms with Crippen LogP contribution in [0.15, 0.2) is 30.3 Å². The van der Waals surface area contributed by atoms with Crippen LogP contribution in [0.1, 0.15) is 42.3 Å². The average molecular weight is 315 g/mol. The lowest BCUT2D eigenvalue weighted by molar-refractivity contribution is 0.129.